The first-order valence-corrected chi connectivity index (χ1v) is 9.13. The molecule has 0 atom stereocenters. The van der Waals surface area contributed by atoms with Crippen molar-refractivity contribution in [2.75, 3.05) is 5.32 Å². The Balaban J connectivity index is 1.45. The number of alkyl halides is 3. The van der Waals surface area contributed by atoms with Crippen LogP contribution in [-0.2, 0) is 0 Å². The van der Waals surface area contributed by atoms with Gasteiger partial charge in [0.1, 0.15) is 5.75 Å². The summed E-state index contributed by atoms with van der Waals surface area (Å²) in [5.41, 5.74) is 0.0237. The van der Waals surface area contributed by atoms with Gasteiger partial charge in [-0.1, -0.05) is 18.2 Å². The minimum absolute atomic E-state index is 0.0237. The summed E-state index contributed by atoms with van der Waals surface area (Å²) in [4.78, 5) is 12.1. The summed E-state index contributed by atoms with van der Waals surface area (Å²) < 4.78 is 59.6. The van der Waals surface area contributed by atoms with Crippen LogP contribution in [0.3, 0.4) is 0 Å². The lowest BCUT2D eigenvalue weighted by Gasteiger charge is -2.29. The van der Waals surface area contributed by atoms with Crippen LogP contribution in [0.15, 0.2) is 48.5 Å². The Morgan fingerprint density at radius 1 is 1.00 bits per heavy atom. The highest BCUT2D eigenvalue weighted by Gasteiger charge is 2.32. The molecular weight excluding hydrogens is 392 g/mol. The van der Waals surface area contributed by atoms with Crippen molar-refractivity contribution < 1.29 is 31.8 Å². The third-order valence-corrected chi connectivity index (χ3v) is 4.47. The lowest BCUT2D eigenvalue weighted by molar-refractivity contribution is -0.275. The van der Waals surface area contributed by atoms with E-state index >= 15 is 0 Å². The van der Waals surface area contributed by atoms with E-state index in [1.54, 1.807) is 0 Å². The van der Waals surface area contributed by atoms with Gasteiger partial charge in [0, 0.05) is 17.8 Å². The highest BCUT2D eigenvalue weighted by atomic mass is 19.4. The molecule has 0 bridgehead atoms. The maximum Gasteiger partial charge on any atom is 0.573 e. The fraction of sp³-hybridized carbons (Fsp3) is 0.350. The Kier molecular flexibility index (Phi) is 6.46. The summed E-state index contributed by atoms with van der Waals surface area (Å²) in [5, 5.41) is 5.20. The molecule has 9 heteroatoms. The molecule has 2 amide bonds. The first-order chi connectivity index (χ1) is 13.8. The van der Waals surface area contributed by atoms with Gasteiger partial charge in [0.25, 0.3) is 0 Å². The van der Waals surface area contributed by atoms with Crippen LogP contribution < -0.4 is 20.1 Å². The zero-order valence-corrected chi connectivity index (χ0v) is 15.3. The van der Waals surface area contributed by atoms with Crippen molar-refractivity contribution in [3.63, 3.8) is 0 Å². The molecule has 1 aliphatic rings. The first-order valence-electron chi connectivity index (χ1n) is 9.13. The van der Waals surface area contributed by atoms with E-state index in [0.717, 1.165) is 49.6 Å². The lowest BCUT2D eigenvalue weighted by atomic mass is 9.93. The molecule has 1 fully saturated rings. The van der Waals surface area contributed by atoms with Crippen molar-refractivity contribution in [1.29, 1.82) is 0 Å². The average molecular weight is 412 g/mol. The van der Waals surface area contributed by atoms with Crippen molar-refractivity contribution in [3.8, 4) is 11.5 Å². The number of benzene rings is 2. The summed E-state index contributed by atoms with van der Waals surface area (Å²) in [5.74, 6) is -1.37. The van der Waals surface area contributed by atoms with Crippen molar-refractivity contribution in [3.05, 3.63) is 54.3 Å². The second-order valence-corrected chi connectivity index (χ2v) is 6.70. The van der Waals surface area contributed by atoms with Crippen LogP contribution >= 0.6 is 0 Å². The molecule has 2 N–H and O–H groups in total. The molecule has 1 saturated carbocycles. The van der Waals surface area contributed by atoms with Crippen molar-refractivity contribution in [1.82, 2.24) is 5.32 Å². The number of hydrogen-bond acceptors (Lipinski definition) is 3. The van der Waals surface area contributed by atoms with Gasteiger partial charge in [0.2, 0.25) is 0 Å². The molecule has 1 aliphatic carbocycles. The zero-order valence-electron chi connectivity index (χ0n) is 15.3. The second kappa shape index (κ2) is 9.02. The molecule has 5 nitrogen and oxygen atoms in total. The molecule has 3 rings (SSSR count). The number of nitrogens with one attached hydrogen (secondary N) is 2. The minimum Gasteiger partial charge on any atom is -0.490 e. The van der Waals surface area contributed by atoms with Gasteiger partial charge in [-0.15, -0.1) is 13.2 Å². The summed E-state index contributed by atoms with van der Waals surface area (Å²) in [6, 6.07) is 11.6. The number of ether oxygens (including phenoxy) is 2. The van der Waals surface area contributed by atoms with E-state index < -0.39 is 24.0 Å². The van der Waals surface area contributed by atoms with Gasteiger partial charge >= 0.3 is 12.4 Å². The van der Waals surface area contributed by atoms with E-state index in [2.05, 4.69) is 15.4 Å². The second-order valence-electron chi connectivity index (χ2n) is 6.70. The number of para-hydroxylation sites is 1. The summed E-state index contributed by atoms with van der Waals surface area (Å²) in [6.07, 6.45) is -1.92. The topological polar surface area (TPSA) is 59.6 Å². The van der Waals surface area contributed by atoms with E-state index in [-0.39, 0.29) is 17.8 Å². The maximum atomic E-state index is 13.7. The van der Waals surface area contributed by atoms with E-state index in [4.69, 9.17) is 4.74 Å². The molecule has 0 radical (unpaired) electrons. The predicted molar refractivity (Wildman–Crippen MR) is 98.4 cm³/mol. The summed E-state index contributed by atoms with van der Waals surface area (Å²) in [7, 11) is 0. The number of halogens is 4. The summed E-state index contributed by atoms with van der Waals surface area (Å²) in [6.45, 7) is 0. The van der Waals surface area contributed by atoms with Crippen molar-refractivity contribution >= 4 is 11.7 Å². The minimum atomic E-state index is -4.99. The SMILES string of the molecule is O=C(Nc1ccc(OC(F)(F)F)c(F)c1)NC1CCC(Oc2ccccc2)CC1. The Bertz CT molecular complexity index is 822. The Hall–Kier alpha value is -2.97. The fourth-order valence-corrected chi connectivity index (χ4v) is 3.16. The smallest absolute Gasteiger partial charge is 0.490 e. The molecule has 0 aliphatic heterocycles. The van der Waals surface area contributed by atoms with Crippen molar-refractivity contribution in [2.24, 2.45) is 0 Å². The van der Waals surface area contributed by atoms with Crippen LogP contribution in [0, 0.1) is 5.82 Å². The highest BCUT2D eigenvalue weighted by molar-refractivity contribution is 5.89. The van der Waals surface area contributed by atoms with Gasteiger partial charge in [-0.3, -0.25) is 0 Å². The normalized spacial score (nSPS) is 19.3. The molecule has 0 unspecified atom stereocenters. The van der Waals surface area contributed by atoms with Gasteiger partial charge in [-0.05, 0) is 49.9 Å². The number of carbonyl (C=O) groups is 1. The van der Waals surface area contributed by atoms with Gasteiger partial charge < -0.3 is 20.1 Å². The van der Waals surface area contributed by atoms with Crippen molar-refractivity contribution in [2.45, 2.75) is 44.2 Å². The molecule has 0 aromatic heterocycles. The standard InChI is InChI=1S/C20H20F4N2O3/c21-17-12-14(8-11-18(17)29-20(22,23)24)26-19(27)25-13-6-9-16(10-7-13)28-15-4-2-1-3-5-15/h1-5,8,11-13,16H,6-7,9-10H2,(H2,25,26,27). The Morgan fingerprint density at radius 2 is 1.69 bits per heavy atom. The van der Waals surface area contributed by atoms with Gasteiger partial charge in [-0.25, -0.2) is 9.18 Å². The first kappa shape index (κ1) is 20.8. The number of carbonyl (C=O) groups excluding carboxylic acids is 1. The molecule has 2 aromatic carbocycles. The van der Waals surface area contributed by atoms with E-state index in [0.29, 0.717) is 0 Å². The largest absolute Gasteiger partial charge is 0.573 e. The van der Waals surface area contributed by atoms with Gasteiger partial charge in [0.15, 0.2) is 11.6 Å². The molecule has 0 spiro atoms. The maximum absolute atomic E-state index is 13.7. The Labute approximate surface area is 165 Å². The van der Waals surface area contributed by atoms with Crippen LogP contribution in [0.4, 0.5) is 28.0 Å². The molecule has 0 heterocycles. The number of anilines is 1. The van der Waals surface area contributed by atoms with Crippen LogP contribution in [0.2, 0.25) is 0 Å². The number of hydrogen-bond donors (Lipinski definition) is 2. The van der Waals surface area contributed by atoms with Gasteiger partial charge in [0.05, 0.1) is 6.10 Å². The number of rotatable bonds is 5. The molecule has 156 valence electrons. The zero-order chi connectivity index (χ0) is 20.9. The molecule has 29 heavy (non-hydrogen) atoms. The number of urea groups is 1. The van der Waals surface area contributed by atoms with Gasteiger partial charge in [-0.2, -0.15) is 0 Å². The molecule has 2 aromatic rings. The summed E-state index contributed by atoms with van der Waals surface area (Å²) >= 11 is 0. The van der Waals surface area contributed by atoms with Crippen LogP contribution in [0.1, 0.15) is 25.7 Å². The lowest BCUT2D eigenvalue weighted by Crippen LogP contribution is -2.41. The Morgan fingerprint density at radius 3 is 2.31 bits per heavy atom. The van der Waals surface area contributed by atoms with Crippen LogP contribution in [0.25, 0.3) is 0 Å². The van der Waals surface area contributed by atoms with E-state index in [1.807, 2.05) is 30.3 Å². The quantitative estimate of drug-likeness (QED) is 0.661. The predicted octanol–water partition coefficient (Wildman–Crippen LogP) is 5.24. The van der Waals surface area contributed by atoms with Crippen LogP contribution in [-0.4, -0.2) is 24.5 Å². The molecular formula is C20H20F4N2O3. The third kappa shape index (κ3) is 6.55. The fourth-order valence-electron chi connectivity index (χ4n) is 3.16. The third-order valence-electron chi connectivity index (χ3n) is 4.47. The highest BCUT2D eigenvalue weighted by Crippen LogP contribution is 2.28. The molecule has 0 saturated heterocycles. The van der Waals surface area contributed by atoms with E-state index in [9.17, 15) is 22.4 Å². The average Bonchev–Trinajstić information content (AvgIpc) is 2.65. The number of amides is 2. The van der Waals surface area contributed by atoms with Crippen LogP contribution in [0.5, 0.6) is 11.5 Å². The van der Waals surface area contributed by atoms with E-state index in [1.165, 1.54) is 0 Å². The monoisotopic (exact) mass is 412 g/mol.